The summed E-state index contributed by atoms with van der Waals surface area (Å²) >= 11 is 0. The van der Waals surface area contributed by atoms with Gasteiger partial charge in [0.1, 0.15) is 30.3 Å². The van der Waals surface area contributed by atoms with Crippen LogP contribution in [0.5, 0.6) is 5.75 Å². The number of anilines is 1. The van der Waals surface area contributed by atoms with Crippen molar-refractivity contribution in [3.05, 3.63) is 84.3 Å². The predicted octanol–water partition coefficient (Wildman–Crippen LogP) is 3.23. The van der Waals surface area contributed by atoms with E-state index in [1.165, 1.54) is 35.3 Å². The third-order valence-corrected chi connectivity index (χ3v) is 3.80. The molecule has 0 aliphatic rings. The van der Waals surface area contributed by atoms with Gasteiger partial charge in [-0.1, -0.05) is 6.07 Å². The average Bonchev–Trinajstić information content (AvgIpc) is 3.40. The summed E-state index contributed by atoms with van der Waals surface area (Å²) < 4.78 is 25.4. The molecular formula is C19H14FN5O3. The fourth-order valence-corrected chi connectivity index (χ4v) is 2.46. The number of nitrogens with one attached hydrogen (secondary N) is 1. The molecule has 28 heavy (non-hydrogen) atoms. The van der Waals surface area contributed by atoms with Gasteiger partial charge in [-0.2, -0.15) is 0 Å². The molecule has 2 heterocycles. The van der Waals surface area contributed by atoms with Gasteiger partial charge in [-0.25, -0.2) is 9.07 Å². The van der Waals surface area contributed by atoms with Crippen molar-refractivity contribution in [2.24, 2.45) is 0 Å². The summed E-state index contributed by atoms with van der Waals surface area (Å²) in [6, 6.07) is 15.9. The number of hydrogen-bond donors (Lipinski definition) is 1. The van der Waals surface area contributed by atoms with Crippen LogP contribution in [0.15, 0.2) is 71.4 Å². The lowest BCUT2D eigenvalue weighted by Gasteiger charge is -2.06. The Morgan fingerprint density at radius 2 is 2.00 bits per heavy atom. The number of halogens is 1. The summed E-state index contributed by atoms with van der Waals surface area (Å²) in [5.74, 6) is 0.376. The van der Waals surface area contributed by atoms with Gasteiger partial charge in [0.05, 0.1) is 5.69 Å². The van der Waals surface area contributed by atoms with E-state index in [0.717, 1.165) is 0 Å². The molecule has 8 nitrogen and oxygen atoms in total. The van der Waals surface area contributed by atoms with Crippen molar-refractivity contribution in [2.45, 2.75) is 6.61 Å². The minimum absolute atomic E-state index is 0.119. The van der Waals surface area contributed by atoms with Crippen LogP contribution >= 0.6 is 0 Å². The Morgan fingerprint density at radius 3 is 2.79 bits per heavy atom. The highest BCUT2D eigenvalue weighted by molar-refractivity contribution is 6.02. The van der Waals surface area contributed by atoms with Crippen LogP contribution < -0.4 is 10.1 Å². The van der Waals surface area contributed by atoms with Gasteiger partial charge in [0.2, 0.25) is 0 Å². The third-order valence-electron chi connectivity index (χ3n) is 3.80. The lowest BCUT2D eigenvalue weighted by atomic mass is 10.2. The van der Waals surface area contributed by atoms with Crippen LogP contribution in [-0.4, -0.2) is 26.1 Å². The van der Waals surface area contributed by atoms with Crippen molar-refractivity contribution in [3.8, 4) is 11.4 Å². The zero-order chi connectivity index (χ0) is 19.3. The second-order valence-corrected chi connectivity index (χ2v) is 5.77. The van der Waals surface area contributed by atoms with Crippen LogP contribution in [0.4, 0.5) is 10.1 Å². The number of hydrogen-bond acceptors (Lipinski definition) is 6. The molecule has 0 unspecified atom stereocenters. The number of rotatable bonds is 6. The average molecular weight is 379 g/mol. The first-order chi connectivity index (χ1) is 13.7. The minimum atomic E-state index is -0.401. The van der Waals surface area contributed by atoms with Crippen LogP contribution in [0.25, 0.3) is 5.69 Å². The van der Waals surface area contributed by atoms with E-state index in [0.29, 0.717) is 22.9 Å². The van der Waals surface area contributed by atoms with Gasteiger partial charge >= 0.3 is 0 Å². The van der Waals surface area contributed by atoms with Crippen molar-refractivity contribution in [3.63, 3.8) is 0 Å². The molecule has 4 aromatic rings. The quantitative estimate of drug-likeness (QED) is 0.553. The number of ether oxygens (including phenoxy) is 1. The molecular weight excluding hydrogens is 365 g/mol. The number of benzene rings is 2. The van der Waals surface area contributed by atoms with Gasteiger partial charge in [-0.05, 0) is 65.0 Å². The maximum Gasteiger partial charge on any atom is 0.291 e. The molecule has 1 amide bonds. The Balaban J connectivity index is 1.39. The summed E-state index contributed by atoms with van der Waals surface area (Å²) in [6.07, 6.45) is 1.46. The Labute approximate surface area is 158 Å². The molecule has 0 radical (unpaired) electrons. The molecule has 0 fully saturated rings. The lowest BCUT2D eigenvalue weighted by molar-refractivity contribution is 0.0992. The molecule has 0 spiro atoms. The van der Waals surface area contributed by atoms with Gasteiger partial charge in [0, 0.05) is 5.69 Å². The van der Waals surface area contributed by atoms with Gasteiger partial charge in [-0.15, -0.1) is 5.10 Å². The molecule has 4 rings (SSSR count). The van der Waals surface area contributed by atoms with Crippen molar-refractivity contribution in [2.75, 3.05) is 5.32 Å². The van der Waals surface area contributed by atoms with Crippen molar-refractivity contribution >= 4 is 11.6 Å². The Morgan fingerprint density at radius 1 is 1.14 bits per heavy atom. The molecule has 9 heteroatoms. The first kappa shape index (κ1) is 17.4. The van der Waals surface area contributed by atoms with Gasteiger partial charge < -0.3 is 14.5 Å². The number of furan rings is 1. The summed E-state index contributed by atoms with van der Waals surface area (Å²) in [4.78, 5) is 12.4. The van der Waals surface area contributed by atoms with E-state index in [4.69, 9.17) is 9.15 Å². The van der Waals surface area contributed by atoms with Crippen LogP contribution in [0.3, 0.4) is 0 Å². The molecule has 140 valence electrons. The minimum Gasteiger partial charge on any atom is -0.486 e. The first-order valence-corrected chi connectivity index (χ1v) is 8.29. The number of amides is 1. The van der Waals surface area contributed by atoms with E-state index >= 15 is 0 Å². The first-order valence-electron chi connectivity index (χ1n) is 8.29. The Kier molecular flexibility index (Phi) is 4.79. The standard InChI is InChI=1S/C19H14FN5O3/c20-13-4-6-16(7-5-13)27-11-17-8-9-18(28-17)19(26)22-14-2-1-3-15(10-14)25-12-21-23-24-25/h1-10,12H,11H2,(H,22,26). The fraction of sp³-hybridized carbons (Fsp3) is 0.0526. The molecule has 0 atom stereocenters. The van der Waals surface area contributed by atoms with E-state index in [2.05, 4.69) is 20.8 Å². The number of nitrogens with zero attached hydrogens (tertiary/aromatic N) is 4. The van der Waals surface area contributed by atoms with E-state index < -0.39 is 5.91 Å². The SMILES string of the molecule is O=C(Nc1cccc(-n2cnnn2)c1)c1ccc(COc2ccc(F)cc2)o1. The second-order valence-electron chi connectivity index (χ2n) is 5.77. The molecule has 0 saturated carbocycles. The Hall–Kier alpha value is -4.01. The van der Waals surface area contributed by atoms with Gasteiger partial charge in [0.15, 0.2) is 5.76 Å². The van der Waals surface area contributed by atoms with Crippen LogP contribution in [0, 0.1) is 5.82 Å². The number of tetrazole rings is 1. The maximum absolute atomic E-state index is 12.9. The van der Waals surface area contributed by atoms with Crippen LogP contribution in [0.1, 0.15) is 16.3 Å². The summed E-state index contributed by atoms with van der Waals surface area (Å²) in [5.41, 5.74) is 1.27. The number of carbonyl (C=O) groups is 1. The summed E-state index contributed by atoms with van der Waals surface area (Å²) in [5, 5.41) is 13.7. The summed E-state index contributed by atoms with van der Waals surface area (Å²) in [7, 11) is 0. The molecule has 0 saturated heterocycles. The monoisotopic (exact) mass is 379 g/mol. The highest BCUT2D eigenvalue weighted by Crippen LogP contribution is 2.17. The molecule has 0 aliphatic carbocycles. The molecule has 1 N–H and O–H groups in total. The topological polar surface area (TPSA) is 95.1 Å². The molecule has 2 aromatic heterocycles. The van der Waals surface area contributed by atoms with E-state index in [1.807, 2.05) is 6.07 Å². The van der Waals surface area contributed by atoms with Crippen molar-refractivity contribution < 1.29 is 18.3 Å². The summed E-state index contributed by atoms with van der Waals surface area (Å²) in [6.45, 7) is 0.119. The Bertz CT molecular complexity index is 1080. The third kappa shape index (κ3) is 4.04. The largest absolute Gasteiger partial charge is 0.486 e. The zero-order valence-corrected chi connectivity index (χ0v) is 14.4. The molecule has 0 bridgehead atoms. The van der Waals surface area contributed by atoms with Gasteiger partial charge in [-0.3, -0.25) is 4.79 Å². The van der Waals surface area contributed by atoms with E-state index in [9.17, 15) is 9.18 Å². The molecule has 0 aliphatic heterocycles. The normalized spacial score (nSPS) is 10.6. The molecule has 2 aromatic carbocycles. The zero-order valence-electron chi connectivity index (χ0n) is 14.4. The van der Waals surface area contributed by atoms with Crippen molar-refractivity contribution in [1.82, 2.24) is 20.2 Å². The lowest BCUT2D eigenvalue weighted by Crippen LogP contribution is -2.11. The van der Waals surface area contributed by atoms with Crippen LogP contribution in [0.2, 0.25) is 0 Å². The highest BCUT2D eigenvalue weighted by atomic mass is 19.1. The van der Waals surface area contributed by atoms with Gasteiger partial charge in [0.25, 0.3) is 5.91 Å². The second kappa shape index (κ2) is 7.70. The van der Waals surface area contributed by atoms with Crippen molar-refractivity contribution in [1.29, 1.82) is 0 Å². The fourth-order valence-electron chi connectivity index (χ4n) is 2.46. The maximum atomic E-state index is 12.9. The van der Waals surface area contributed by atoms with E-state index in [1.54, 1.807) is 30.3 Å². The van der Waals surface area contributed by atoms with E-state index in [-0.39, 0.29) is 18.2 Å². The predicted molar refractivity (Wildman–Crippen MR) is 96.5 cm³/mol. The highest BCUT2D eigenvalue weighted by Gasteiger charge is 2.12. The number of aromatic nitrogens is 4. The van der Waals surface area contributed by atoms with Crippen LogP contribution in [-0.2, 0) is 6.61 Å². The number of carbonyl (C=O) groups excluding carboxylic acids is 1. The smallest absolute Gasteiger partial charge is 0.291 e.